The number of urea groups is 1. The van der Waals surface area contributed by atoms with Crippen LogP contribution in [0.15, 0.2) is 53.1 Å². The molecule has 13 nitrogen and oxygen atoms in total. The van der Waals surface area contributed by atoms with Crippen molar-refractivity contribution < 1.29 is 36.1 Å². The van der Waals surface area contributed by atoms with Crippen molar-refractivity contribution >= 4 is 22.5 Å². The maximum absolute atomic E-state index is 13.0. The third kappa shape index (κ3) is 4.78. The molecule has 3 amide bonds. The van der Waals surface area contributed by atoms with Gasteiger partial charge in [0.2, 0.25) is 5.89 Å². The maximum Gasteiger partial charge on any atom is 0.418 e. The first-order valence-corrected chi connectivity index (χ1v) is 15.3. The van der Waals surface area contributed by atoms with Gasteiger partial charge in [-0.15, -0.1) is 4.28 Å². The van der Waals surface area contributed by atoms with Crippen molar-refractivity contribution in [3.63, 3.8) is 0 Å². The Balaban J connectivity index is 0.948. The minimum absolute atomic E-state index is 0.0000541. The van der Waals surface area contributed by atoms with Crippen LogP contribution in [0.1, 0.15) is 66.4 Å². The predicted molar refractivity (Wildman–Crippen MR) is 145 cm³/mol. The number of carbonyl (C=O) groups is 2. The number of fused-ring (bicyclic) bond motifs is 5. The highest BCUT2D eigenvalue weighted by atomic mass is 32.3. The number of piperidine rings is 2. The first-order chi connectivity index (χ1) is 20.3. The molecule has 42 heavy (non-hydrogen) atoms. The summed E-state index contributed by atoms with van der Waals surface area (Å²) in [4.78, 5) is 33.4. The van der Waals surface area contributed by atoms with Crippen molar-refractivity contribution in [3.05, 3.63) is 71.4 Å². The number of hydrogen-bond donors (Lipinski definition) is 1. The summed E-state index contributed by atoms with van der Waals surface area (Å²) in [5, 5.41) is 4.81. The molecule has 2 atom stereocenters. The van der Waals surface area contributed by atoms with E-state index in [9.17, 15) is 18.0 Å². The number of likely N-dealkylation sites (tertiary alicyclic amines) is 1. The first-order valence-electron chi connectivity index (χ1n) is 14.0. The normalized spacial score (nSPS) is 22.4. The van der Waals surface area contributed by atoms with Gasteiger partial charge < -0.3 is 19.1 Å². The third-order valence-electron chi connectivity index (χ3n) is 8.69. The summed E-state index contributed by atoms with van der Waals surface area (Å²) in [6, 6.07) is 14.8. The summed E-state index contributed by atoms with van der Waals surface area (Å²) in [6.45, 7) is 1.46. The van der Waals surface area contributed by atoms with Gasteiger partial charge in [-0.3, -0.25) is 4.55 Å². The van der Waals surface area contributed by atoms with Crippen LogP contribution in [-0.4, -0.2) is 82.4 Å². The number of nitrogens with zero attached hydrogens (tertiary/aromatic N) is 5. The molecule has 4 heterocycles. The monoisotopic (exact) mass is 595 g/mol. The van der Waals surface area contributed by atoms with Crippen LogP contribution < -0.4 is 0 Å². The van der Waals surface area contributed by atoms with Gasteiger partial charge in [-0.1, -0.05) is 53.7 Å². The van der Waals surface area contributed by atoms with Gasteiger partial charge in [0.1, 0.15) is 6.61 Å². The van der Waals surface area contributed by atoms with E-state index in [1.54, 1.807) is 4.90 Å². The van der Waals surface area contributed by atoms with E-state index in [-0.39, 0.29) is 31.1 Å². The molecule has 4 aliphatic rings. The van der Waals surface area contributed by atoms with Crippen LogP contribution in [0.25, 0.3) is 11.1 Å². The Bertz CT molecular complexity index is 1590. The summed E-state index contributed by atoms with van der Waals surface area (Å²) in [6.07, 6.45) is 1.84. The minimum atomic E-state index is -4.82. The van der Waals surface area contributed by atoms with Crippen molar-refractivity contribution in [2.45, 2.75) is 49.6 Å². The second-order valence-corrected chi connectivity index (χ2v) is 12.1. The summed E-state index contributed by atoms with van der Waals surface area (Å²) in [5.41, 5.74) is 4.69. The van der Waals surface area contributed by atoms with Crippen LogP contribution >= 0.6 is 0 Å². The fourth-order valence-corrected chi connectivity index (χ4v) is 7.03. The zero-order valence-electron chi connectivity index (χ0n) is 22.5. The van der Waals surface area contributed by atoms with Crippen molar-refractivity contribution in [1.82, 2.24) is 25.0 Å². The van der Waals surface area contributed by atoms with Gasteiger partial charge in [0.05, 0.1) is 12.1 Å². The Morgan fingerprint density at radius 1 is 1.00 bits per heavy atom. The number of ether oxygens (including phenoxy) is 1. The van der Waals surface area contributed by atoms with E-state index in [4.69, 9.17) is 13.8 Å². The number of aromatic nitrogens is 2. The zero-order valence-corrected chi connectivity index (χ0v) is 23.4. The van der Waals surface area contributed by atoms with E-state index >= 15 is 0 Å². The second-order valence-electron chi connectivity index (χ2n) is 11.1. The summed E-state index contributed by atoms with van der Waals surface area (Å²) in [5.74, 6) is 0.732. The average Bonchev–Trinajstić information content (AvgIpc) is 3.67. The number of carbonyl (C=O) groups excluding carboxylic acids is 2. The smallest absolute Gasteiger partial charge is 0.418 e. The molecule has 2 bridgehead atoms. The molecule has 1 N–H and O–H groups in total. The maximum atomic E-state index is 13.0. The van der Waals surface area contributed by atoms with Crippen molar-refractivity contribution in [1.29, 1.82) is 0 Å². The molecule has 14 heteroatoms. The Morgan fingerprint density at radius 2 is 1.67 bits per heavy atom. The van der Waals surface area contributed by atoms with Crippen LogP contribution in [0.4, 0.5) is 9.59 Å². The molecule has 7 rings (SSSR count). The number of hydrogen-bond acceptors (Lipinski definition) is 9. The minimum Gasteiger partial charge on any atom is -0.448 e. The van der Waals surface area contributed by atoms with Crippen LogP contribution in [0.2, 0.25) is 0 Å². The Morgan fingerprint density at radius 3 is 2.33 bits per heavy atom. The molecule has 0 radical (unpaired) electrons. The molecule has 2 aromatic carbocycles. The van der Waals surface area contributed by atoms with Crippen molar-refractivity contribution in [2.24, 2.45) is 0 Å². The van der Waals surface area contributed by atoms with Gasteiger partial charge in [-0.05, 0) is 47.9 Å². The molecule has 3 fully saturated rings. The number of benzene rings is 2. The molecule has 0 unspecified atom stereocenters. The molecule has 1 aromatic heterocycles. The largest absolute Gasteiger partial charge is 0.448 e. The molecule has 0 saturated carbocycles. The van der Waals surface area contributed by atoms with Gasteiger partial charge in [0, 0.05) is 31.5 Å². The molecule has 0 spiro atoms. The van der Waals surface area contributed by atoms with E-state index in [0.29, 0.717) is 55.6 Å². The summed E-state index contributed by atoms with van der Waals surface area (Å²) in [7, 11) is -4.82. The van der Waals surface area contributed by atoms with E-state index in [1.807, 2.05) is 24.3 Å². The SMILES string of the molecule is O=C(OCC1c2ccccc2-c2ccccc21)N1CCC(c2nc([C@@H]3CC[C@@H]4CN3C(=O)N4OS(=O)(=O)O)no2)CC1. The van der Waals surface area contributed by atoms with Crippen molar-refractivity contribution in [3.8, 4) is 11.1 Å². The van der Waals surface area contributed by atoms with Gasteiger partial charge in [0.15, 0.2) is 5.82 Å². The van der Waals surface area contributed by atoms with Gasteiger partial charge in [0.25, 0.3) is 0 Å². The lowest BCUT2D eigenvalue weighted by molar-refractivity contribution is -0.0317. The average molecular weight is 596 g/mol. The third-order valence-corrected chi connectivity index (χ3v) is 9.04. The van der Waals surface area contributed by atoms with E-state index in [2.05, 4.69) is 38.7 Å². The molecular weight excluding hydrogens is 566 g/mol. The Hall–Kier alpha value is -4.01. The highest BCUT2D eigenvalue weighted by Gasteiger charge is 2.49. The fraction of sp³-hybridized carbons (Fsp3) is 0.429. The van der Waals surface area contributed by atoms with E-state index in [1.165, 1.54) is 27.2 Å². The highest BCUT2D eigenvalue weighted by molar-refractivity contribution is 7.80. The van der Waals surface area contributed by atoms with Crippen LogP contribution in [0, 0.1) is 0 Å². The lowest BCUT2D eigenvalue weighted by Gasteiger charge is -2.30. The first kappa shape index (κ1) is 26.9. The summed E-state index contributed by atoms with van der Waals surface area (Å²) < 4.78 is 47.2. The summed E-state index contributed by atoms with van der Waals surface area (Å²) >= 11 is 0. The topological polar surface area (TPSA) is 156 Å². The Kier molecular flexibility index (Phi) is 6.63. The molecule has 3 saturated heterocycles. The molecule has 220 valence electrons. The van der Waals surface area contributed by atoms with Gasteiger partial charge in [-0.2, -0.15) is 18.5 Å². The van der Waals surface area contributed by atoms with Gasteiger partial charge in [-0.25, -0.2) is 9.59 Å². The fourth-order valence-electron chi connectivity index (χ4n) is 6.64. The van der Waals surface area contributed by atoms with Gasteiger partial charge >= 0.3 is 22.5 Å². The quantitative estimate of drug-likeness (QED) is 0.415. The molecule has 3 aliphatic heterocycles. The highest BCUT2D eigenvalue weighted by Crippen LogP contribution is 2.44. The van der Waals surface area contributed by atoms with Crippen molar-refractivity contribution in [2.75, 3.05) is 26.2 Å². The second kappa shape index (κ2) is 10.4. The van der Waals surface area contributed by atoms with Crippen LogP contribution in [0.5, 0.6) is 0 Å². The van der Waals surface area contributed by atoms with Crippen LogP contribution in [-0.2, 0) is 19.4 Å². The number of rotatable bonds is 6. The Labute approximate surface area is 241 Å². The molecule has 3 aromatic rings. The van der Waals surface area contributed by atoms with E-state index < -0.39 is 28.5 Å². The molecule has 1 aliphatic carbocycles. The molecular formula is C28H29N5O8S. The lowest BCUT2D eigenvalue weighted by atomic mass is 9.96. The lowest BCUT2D eigenvalue weighted by Crippen LogP contribution is -2.38. The standard InChI is InChI=1S/C28H29N5O8S/c34-27-32-15-18(33(27)41-42(36,37)38)9-10-24(32)25-29-26(40-30-25)17-11-13-31(14-12-17)28(35)39-16-23-21-7-3-1-5-19(21)20-6-2-4-8-22(20)23/h1-8,17-18,23-24H,9-16H2,(H,36,37,38)/t18-,24+/m1/s1. The number of amides is 3. The van der Waals surface area contributed by atoms with Crippen LogP contribution in [0.3, 0.4) is 0 Å². The van der Waals surface area contributed by atoms with E-state index in [0.717, 1.165) is 0 Å². The number of hydroxylamine groups is 2. The zero-order chi connectivity index (χ0) is 29.0. The predicted octanol–water partition coefficient (Wildman–Crippen LogP) is 3.87.